The molecule has 0 amide bonds. The van der Waals surface area contributed by atoms with Crippen molar-refractivity contribution in [3.05, 3.63) is 47.3 Å². The Morgan fingerprint density at radius 1 is 1.19 bits per heavy atom. The topological polar surface area (TPSA) is 63.0 Å². The van der Waals surface area contributed by atoms with Crippen molar-refractivity contribution in [2.75, 3.05) is 0 Å². The quantitative estimate of drug-likeness (QED) is 0.566. The Kier molecular flexibility index (Phi) is 4.84. The lowest BCUT2D eigenvalue weighted by molar-refractivity contribution is -0.148. The third-order valence-corrected chi connectivity index (χ3v) is 9.19. The van der Waals surface area contributed by atoms with E-state index < -0.39 is 0 Å². The van der Waals surface area contributed by atoms with Crippen LogP contribution in [0.3, 0.4) is 0 Å². The van der Waals surface area contributed by atoms with Crippen LogP contribution in [0, 0.1) is 39.9 Å². The summed E-state index contributed by atoms with van der Waals surface area (Å²) in [5.41, 5.74) is 5.19. The van der Waals surface area contributed by atoms with Crippen LogP contribution in [0.2, 0.25) is 0 Å². The number of pyridine rings is 1. The number of aromatic nitrogens is 1. The Morgan fingerprint density at radius 3 is 2.71 bits per heavy atom. The molecule has 6 atom stereocenters. The molecule has 0 aliphatic heterocycles. The second kappa shape index (κ2) is 7.33. The second-order valence-electron chi connectivity index (χ2n) is 10.6. The molecular formula is C27H32N2O2. The maximum atomic E-state index is 11.5. The molecule has 4 aliphatic rings. The minimum atomic E-state index is -0.213. The highest BCUT2D eigenvalue weighted by Crippen LogP contribution is 2.67. The van der Waals surface area contributed by atoms with E-state index in [1.807, 2.05) is 18.5 Å². The van der Waals surface area contributed by atoms with E-state index in [0.717, 1.165) is 37.7 Å². The number of nitrogens with zero attached hydrogens (tertiary/aromatic N) is 2. The number of nitriles is 1. The monoisotopic (exact) mass is 416 g/mol. The van der Waals surface area contributed by atoms with E-state index >= 15 is 0 Å². The zero-order valence-corrected chi connectivity index (χ0v) is 18.9. The molecule has 2 saturated carbocycles. The largest absolute Gasteiger partial charge is 0.462 e. The number of carbonyl (C=O) groups is 1. The number of hydrogen-bond acceptors (Lipinski definition) is 4. The third kappa shape index (κ3) is 3.08. The van der Waals surface area contributed by atoms with Crippen molar-refractivity contribution in [2.24, 2.45) is 28.6 Å². The van der Waals surface area contributed by atoms with Crippen LogP contribution in [-0.2, 0) is 9.53 Å². The first-order valence-electron chi connectivity index (χ1n) is 11.8. The van der Waals surface area contributed by atoms with Crippen LogP contribution < -0.4 is 0 Å². The summed E-state index contributed by atoms with van der Waals surface area (Å²) in [6, 6.07) is 6.81. The Bertz CT molecular complexity index is 1000. The molecule has 0 aromatic carbocycles. The van der Waals surface area contributed by atoms with Crippen molar-refractivity contribution in [3.63, 3.8) is 0 Å². The molecule has 0 N–H and O–H groups in total. The summed E-state index contributed by atoms with van der Waals surface area (Å²) in [6.07, 6.45) is 13.3. The van der Waals surface area contributed by atoms with Crippen molar-refractivity contribution >= 4 is 11.5 Å². The normalized spacial score (nSPS) is 39.0. The standard InChI is InChI=1S/C27H32N2O2/c1-17(30)31-20-8-10-27(3)24-9-11-26(2)22(18-5-4-12-29-16-18)6-7-23(26)21(24)13-19(15-28)25(27)14-20/h4-6,12,16,20-21,23-24H,7-11,13-14H2,1-3H3/t20-,21-,23-,24-,26+,27+/m0/s1. The van der Waals surface area contributed by atoms with Gasteiger partial charge >= 0.3 is 5.97 Å². The molecule has 0 saturated heterocycles. The van der Waals surface area contributed by atoms with Gasteiger partial charge in [-0.2, -0.15) is 5.26 Å². The van der Waals surface area contributed by atoms with Crippen molar-refractivity contribution in [3.8, 4) is 6.07 Å². The number of esters is 1. The highest BCUT2D eigenvalue weighted by molar-refractivity contribution is 5.72. The van der Waals surface area contributed by atoms with Gasteiger partial charge in [-0.1, -0.05) is 26.0 Å². The number of carbonyl (C=O) groups excluding carboxylic acids is 1. The minimum absolute atomic E-state index is 0.0585. The number of ether oxygens (including phenoxy) is 1. The van der Waals surface area contributed by atoms with E-state index in [0.29, 0.717) is 17.8 Å². The summed E-state index contributed by atoms with van der Waals surface area (Å²) in [4.78, 5) is 15.9. The average Bonchev–Trinajstić information content (AvgIpc) is 3.11. The van der Waals surface area contributed by atoms with Gasteiger partial charge in [0.05, 0.1) is 6.07 Å². The van der Waals surface area contributed by atoms with Gasteiger partial charge in [-0.15, -0.1) is 0 Å². The first-order valence-corrected chi connectivity index (χ1v) is 11.8. The lowest BCUT2D eigenvalue weighted by Crippen LogP contribution is -2.51. The number of allylic oxidation sites excluding steroid dienone is 3. The molecule has 4 aliphatic carbocycles. The Labute approximate surface area is 185 Å². The summed E-state index contributed by atoms with van der Waals surface area (Å²) < 4.78 is 5.57. The van der Waals surface area contributed by atoms with Gasteiger partial charge in [0.2, 0.25) is 0 Å². The van der Waals surface area contributed by atoms with E-state index in [4.69, 9.17) is 4.74 Å². The molecule has 5 rings (SSSR count). The molecule has 1 heterocycles. The van der Waals surface area contributed by atoms with E-state index in [9.17, 15) is 10.1 Å². The van der Waals surface area contributed by atoms with Gasteiger partial charge in [0.15, 0.2) is 0 Å². The van der Waals surface area contributed by atoms with Gasteiger partial charge in [-0.3, -0.25) is 9.78 Å². The van der Waals surface area contributed by atoms with Crippen molar-refractivity contribution in [1.82, 2.24) is 4.98 Å². The smallest absolute Gasteiger partial charge is 0.302 e. The second-order valence-corrected chi connectivity index (χ2v) is 10.6. The van der Waals surface area contributed by atoms with Crippen LogP contribution in [-0.4, -0.2) is 17.1 Å². The minimum Gasteiger partial charge on any atom is -0.462 e. The van der Waals surface area contributed by atoms with E-state index in [-0.39, 0.29) is 22.9 Å². The first-order chi connectivity index (χ1) is 14.9. The molecule has 1 aromatic heterocycles. The Hall–Kier alpha value is -2.41. The molecule has 0 spiro atoms. The van der Waals surface area contributed by atoms with Crippen LogP contribution in [0.15, 0.2) is 41.7 Å². The fourth-order valence-corrected chi connectivity index (χ4v) is 7.76. The molecule has 31 heavy (non-hydrogen) atoms. The van der Waals surface area contributed by atoms with Crippen LogP contribution in [0.25, 0.3) is 5.57 Å². The van der Waals surface area contributed by atoms with Crippen LogP contribution in [0.1, 0.15) is 71.3 Å². The summed E-state index contributed by atoms with van der Waals surface area (Å²) in [7, 11) is 0. The Morgan fingerprint density at radius 2 is 2.00 bits per heavy atom. The highest BCUT2D eigenvalue weighted by Gasteiger charge is 2.58. The van der Waals surface area contributed by atoms with Crippen LogP contribution in [0.5, 0.6) is 0 Å². The number of hydrogen-bond donors (Lipinski definition) is 0. The van der Waals surface area contributed by atoms with Gasteiger partial charge in [-0.25, -0.2) is 0 Å². The summed E-state index contributed by atoms with van der Waals surface area (Å²) >= 11 is 0. The summed E-state index contributed by atoms with van der Waals surface area (Å²) in [6.45, 7) is 6.33. The number of rotatable bonds is 2. The highest BCUT2D eigenvalue weighted by atomic mass is 16.5. The van der Waals surface area contributed by atoms with Crippen LogP contribution in [0.4, 0.5) is 0 Å². The van der Waals surface area contributed by atoms with Gasteiger partial charge in [-0.05, 0) is 89.9 Å². The zero-order valence-electron chi connectivity index (χ0n) is 18.9. The van der Waals surface area contributed by atoms with Crippen molar-refractivity contribution in [2.45, 2.75) is 71.8 Å². The molecule has 2 fully saturated rings. The third-order valence-electron chi connectivity index (χ3n) is 9.19. The molecule has 1 aromatic rings. The predicted octanol–water partition coefficient (Wildman–Crippen LogP) is 5.86. The van der Waals surface area contributed by atoms with Crippen LogP contribution >= 0.6 is 0 Å². The molecule has 0 radical (unpaired) electrons. The fourth-order valence-electron chi connectivity index (χ4n) is 7.76. The van der Waals surface area contributed by atoms with Gasteiger partial charge in [0.1, 0.15) is 6.10 Å². The predicted molar refractivity (Wildman–Crippen MR) is 119 cm³/mol. The maximum absolute atomic E-state index is 11.5. The van der Waals surface area contributed by atoms with Gasteiger partial charge in [0.25, 0.3) is 0 Å². The molecule has 0 unspecified atom stereocenters. The molecular weight excluding hydrogens is 384 g/mol. The van der Waals surface area contributed by atoms with E-state index in [1.54, 1.807) is 0 Å². The van der Waals surface area contributed by atoms with Gasteiger partial charge < -0.3 is 4.74 Å². The number of fused-ring (bicyclic) bond motifs is 5. The molecule has 0 bridgehead atoms. The maximum Gasteiger partial charge on any atom is 0.302 e. The average molecular weight is 417 g/mol. The summed E-state index contributed by atoms with van der Waals surface area (Å²) in [5.74, 6) is 1.51. The molecule has 162 valence electrons. The first kappa shape index (κ1) is 20.5. The lowest BCUT2D eigenvalue weighted by atomic mass is 9.46. The fraction of sp³-hybridized carbons (Fsp3) is 0.593. The van der Waals surface area contributed by atoms with Crippen molar-refractivity contribution < 1.29 is 9.53 Å². The van der Waals surface area contributed by atoms with E-state index in [1.165, 1.54) is 36.5 Å². The van der Waals surface area contributed by atoms with Gasteiger partial charge in [0, 0.05) is 31.3 Å². The van der Waals surface area contributed by atoms with Crippen molar-refractivity contribution in [1.29, 1.82) is 5.26 Å². The molecule has 4 nitrogen and oxygen atoms in total. The van der Waals surface area contributed by atoms with E-state index in [2.05, 4.69) is 37.0 Å². The molecule has 4 heteroatoms. The zero-order chi connectivity index (χ0) is 21.8. The SMILES string of the molecule is CC(=O)O[C@H]1CC[C@@]2(C)C(=C(C#N)C[C@@H]3[C@@H]2CC[C@]2(C)C(c4cccnc4)=CC[C@@H]32)C1. The Balaban J connectivity index is 1.48. The summed E-state index contributed by atoms with van der Waals surface area (Å²) in [5, 5.41) is 10.1. The lowest BCUT2D eigenvalue weighted by Gasteiger charge is -2.58.